The standard InChI is InChI=1S/C19H11N2.C13H24O2.Ir/c1-2-6-16-12(4-1)10-14-11-13-5-3-7-17-18(13)15(8-9-20-17)19(14)21-16;1-5-10(6-2)12(14)9-13(15)11(7-3)8-4;/h1-7,9-10H,11H2;9-11,14H,5-8H2,1-4H3;/q-1;;/b;12-9-;/i11D2;;. The van der Waals surface area contributed by atoms with Crippen molar-refractivity contribution in [1.82, 2.24) is 9.97 Å². The van der Waals surface area contributed by atoms with Crippen LogP contribution in [-0.4, -0.2) is 20.9 Å². The van der Waals surface area contributed by atoms with E-state index in [0.29, 0.717) is 16.8 Å². The van der Waals surface area contributed by atoms with Gasteiger partial charge in [0.1, 0.15) is 0 Å². The molecule has 5 rings (SSSR count). The number of hydrogen-bond donors (Lipinski definition) is 1. The second kappa shape index (κ2) is 13.1. The number of fused-ring (bicyclic) bond motifs is 3. The van der Waals surface area contributed by atoms with Crippen molar-refractivity contribution in [3.8, 4) is 11.3 Å². The molecule has 4 nitrogen and oxygen atoms in total. The van der Waals surface area contributed by atoms with Crippen LogP contribution in [0.5, 0.6) is 0 Å². The predicted octanol–water partition coefficient (Wildman–Crippen LogP) is 8.02. The maximum Gasteiger partial charge on any atom is 0.162 e. The third kappa shape index (κ3) is 6.17. The summed E-state index contributed by atoms with van der Waals surface area (Å²) in [5.74, 6) is 0.547. The number of rotatable bonds is 7. The number of ketones is 1. The Bertz CT molecular complexity index is 1490. The smallest absolute Gasteiger partial charge is 0.162 e. The molecule has 2 aromatic heterocycles. The molecule has 0 bridgehead atoms. The number of aliphatic hydroxyl groups excluding tert-OH is 1. The van der Waals surface area contributed by atoms with E-state index >= 15 is 0 Å². The van der Waals surface area contributed by atoms with Gasteiger partial charge in [-0.1, -0.05) is 80.6 Å². The van der Waals surface area contributed by atoms with Crippen molar-refractivity contribution in [2.45, 2.75) is 59.8 Å². The second-order valence-electron chi connectivity index (χ2n) is 9.18. The van der Waals surface area contributed by atoms with Gasteiger partial charge < -0.3 is 10.1 Å². The Labute approximate surface area is 236 Å². The Morgan fingerprint density at radius 1 is 1.00 bits per heavy atom. The number of allylic oxidation sites excluding steroid dienone is 2. The van der Waals surface area contributed by atoms with Gasteiger partial charge in [-0.15, -0.1) is 0 Å². The van der Waals surface area contributed by atoms with Gasteiger partial charge in [-0.25, -0.2) is 0 Å². The van der Waals surface area contributed by atoms with Gasteiger partial charge in [0.15, 0.2) is 5.78 Å². The van der Waals surface area contributed by atoms with Gasteiger partial charge in [-0.3, -0.25) is 9.78 Å². The van der Waals surface area contributed by atoms with Crippen LogP contribution in [0.4, 0.5) is 0 Å². The third-order valence-electron chi connectivity index (χ3n) is 7.02. The molecule has 37 heavy (non-hydrogen) atoms. The Morgan fingerprint density at radius 2 is 1.68 bits per heavy atom. The largest absolute Gasteiger partial charge is 0.512 e. The van der Waals surface area contributed by atoms with Crippen molar-refractivity contribution in [3.05, 3.63) is 83.8 Å². The van der Waals surface area contributed by atoms with E-state index in [1.165, 1.54) is 6.08 Å². The van der Waals surface area contributed by atoms with E-state index in [9.17, 15) is 9.90 Å². The number of aliphatic hydroxyl groups is 1. The number of carbonyl (C=O) groups excluding carboxylic acids is 1. The quantitative estimate of drug-likeness (QED) is 0.123. The monoisotopic (exact) mass is 674 g/mol. The van der Waals surface area contributed by atoms with Crippen molar-refractivity contribution in [2.24, 2.45) is 11.8 Å². The SMILES string of the molecule is CCC(CC)C(=O)/C=C(\O)C(CC)CC.[2H]C1([2H])c2cc3ccccc3nc2-c2[c-]cnc3cccc1c23.[Ir]. The summed E-state index contributed by atoms with van der Waals surface area (Å²) < 4.78 is 17.4. The van der Waals surface area contributed by atoms with Crippen LogP contribution in [0.15, 0.2) is 66.6 Å². The van der Waals surface area contributed by atoms with Crippen LogP contribution in [0, 0.1) is 17.9 Å². The third-order valence-corrected chi connectivity index (χ3v) is 7.02. The first kappa shape index (κ1) is 25.8. The summed E-state index contributed by atoms with van der Waals surface area (Å²) in [4.78, 5) is 20.8. The number of pyridine rings is 2. The molecule has 0 saturated carbocycles. The minimum absolute atomic E-state index is 0. The molecule has 1 aliphatic carbocycles. The summed E-state index contributed by atoms with van der Waals surface area (Å²) in [6.45, 7) is 8.07. The van der Waals surface area contributed by atoms with Gasteiger partial charge in [0, 0.05) is 46.3 Å². The van der Waals surface area contributed by atoms with Crippen LogP contribution < -0.4 is 0 Å². The average molecular weight is 674 g/mol. The Kier molecular flexibility index (Phi) is 9.10. The molecule has 195 valence electrons. The molecule has 0 fully saturated rings. The van der Waals surface area contributed by atoms with Gasteiger partial charge in [-0.2, -0.15) is 11.6 Å². The van der Waals surface area contributed by atoms with Crippen LogP contribution in [-0.2, 0) is 31.3 Å². The molecule has 2 aromatic carbocycles. The predicted molar refractivity (Wildman–Crippen MR) is 148 cm³/mol. The Balaban J connectivity index is 0.000000233. The minimum atomic E-state index is -1.60. The van der Waals surface area contributed by atoms with E-state index in [0.717, 1.165) is 53.1 Å². The van der Waals surface area contributed by atoms with Crippen LogP contribution in [0.3, 0.4) is 0 Å². The molecular formula is C32H35IrN2O2-. The van der Waals surface area contributed by atoms with Crippen molar-refractivity contribution in [3.63, 3.8) is 0 Å². The molecule has 1 radical (unpaired) electrons. The summed E-state index contributed by atoms with van der Waals surface area (Å²) in [7, 11) is 0. The number of para-hydroxylation sites is 1. The molecule has 0 spiro atoms. The molecule has 0 aliphatic heterocycles. The topological polar surface area (TPSA) is 63.1 Å². The summed E-state index contributed by atoms with van der Waals surface area (Å²) in [6, 6.07) is 18.5. The fraction of sp³-hybridized carbons (Fsp3) is 0.344. The molecular weight excluding hydrogens is 637 g/mol. The molecule has 2 heterocycles. The number of hydrogen-bond acceptors (Lipinski definition) is 4. The molecule has 4 aromatic rings. The normalized spacial score (nSPS) is 14.4. The zero-order valence-corrected chi connectivity index (χ0v) is 24.2. The fourth-order valence-corrected chi connectivity index (χ4v) is 4.77. The molecule has 0 atom stereocenters. The number of aromatic nitrogens is 2. The number of benzene rings is 2. The van der Waals surface area contributed by atoms with E-state index in [2.05, 4.69) is 11.1 Å². The maximum atomic E-state index is 11.7. The van der Waals surface area contributed by atoms with Crippen molar-refractivity contribution in [2.75, 3.05) is 0 Å². The van der Waals surface area contributed by atoms with Gasteiger partial charge in [0.25, 0.3) is 0 Å². The first-order valence-corrected chi connectivity index (χ1v) is 12.9. The summed E-state index contributed by atoms with van der Waals surface area (Å²) in [5.41, 5.74) is 4.37. The fourth-order valence-electron chi connectivity index (χ4n) is 4.77. The molecule has 0 unspecified atom stereocenters. The Morgan fingerprint density at radius 3 is 2.38 bits per heavy atom. The zero-order chi connectivity index (χ0) is 27.4. The first-order chi connectivity index (χ1) is 18.3. The average Bonchev–Trinajstić information content (AvgIpc) is 2.92. The van der Waals surface area contributed by atoms with Crippen LogP contribution in [0.2, 0.25) is 0 Å². The molecule has 0 saturated heterocycles. The van der Waals surface area contributed by atoms with Crippen molar-refractivity contribution >= 4 is 27.6 Å². The second-order valence-corrected chi connectivity index (χ2v) is 9.18. The maximum absolute atomic E-state index is 11.7. The van der Waals surface area contributed by atoms with E-state index in [1.807, 2.05) is 76.2 Å². The minimum Gasteiger partial charge on any atom is -0.512 e. The zero-order valence-electron chi connectivity index (χ0n) is 23.8. The van der Waals surface area contributed by atoms with E-state index in [-0.39, 0.29) is 43.5 Å². The molecule has 5 heteroatoms. The molecule has 1 aliphatic rings. The summed E-state index contributed by atoms with van der Waals surface area (Å²) >= 11 is 0. The summed E-state index contributed by atoms with van der Waals surface area (Å²) in [5, 5.41) is 11.5. The van der Waals surface area contributed by atoms with Gasteiger partial charge in [-0.05, 0) is 61.5 Å². The van der Waals surface area contributed by atoms with Crippen LogP contribution in [0.1, 0.15) is 67.2 Å². The summed E-state index contributed by atoms with van der Waals surface area (Å²) in [6.07, 6.45) is 4.95. The van der Waals surface area contributed by atoms with E-state index in [4.69, 9.17) is 7.73 Å². The first-order valence-electron chi connectivity index (χ1n) is 13.9. The molecule has 0 amide bonds. The number of carbonyl (C=O) groups is 1. The van der Waals surface area contributed by atoms with Gasteiger partial charge in [0.2, 0.25) is 0 Å². The van der Waals surface area contributed by atoms with Gasteiger partial charge in [0.05, 0.1) is 11.3 Å². The van der Waals surface area contributed by atoms with Crippen molar-refractivity contribution in [1.29, 1.82) is 0 Å². The van der Waals surface area contributed by atoms with Crippen molar-refractivity contribution < 1.29 is 32.7 Å². The van der Waals surface area contributed by atoms with E-state index < -0.39 is 6.37 Å². The van der Waals surface area contributed by atoms with Crippen LogP contribution >= 0.6 is 0 Å². The van der Waals surface area contributed by atoms with Crippen LogP contribution in [0.25, 0.3) is 33.1 Å². The molecule has 1 N–H and O–H groups in total. The number of nitrogens with zero attached hydrogens (tertiary/aromatic N) is 2. The Hall–Kier alpha value is -2.88. The van der Waals surface area contributed by atoms with E-state index in [1.54, 1.807) is 6.20 Å². The van der Waals surface area contributed by atoms with Gasteiger partial charge >= 0.3 is 0 Å².